The molecule has 27 heavy (non-hydrogen) atoms. The molecular weight excluding hydrogens is 342 g/mol. The van der Waals surface area contributed by atoms with Gasteiger partial charge in [0.2, 0.25) is 0 Å². The van der Waals surface area contributed by atoms with Crippen LogP contribution >= 0.6 is 0 Å². The molecule has 0 radical (unpaired) electrons. The van der Waals surface area contributed by atoms with Gasteiger partial charge >= 0.3 is 0 Å². The zero-order chi connectivity index (χ0) is 19.4. The molecule has 1 atom stereocenters. The van der Waals surface area contributed by atoms with Gasteiger partial charge in [-0.15, -0.1) is 5.10 Å². The maximum absolute atomic E-state index is 12.4. The van der Waals surface area contributed by atoms with E-state index in [4.69, 9.17) is 0 Å². The maximum atomic E-state index is 12.4. The monoisotopic (exact) mass is 373 g/mol. The molecule has 0 saturated carbocycles. The van der Waals surface area contributed by atoms with E-state index in [1.807, 2.05) is 18.5 Å². The van der Waals surface area contributed by atoms with Crippen molar-refractivity contribution in [2.45, 2.75) is 78.6 Å². The summed E-state index contributed by atoms with van der Waals surface area (Å²) in [6, 6.07) is 0.843. The van der Waals surface area contributed by atoms with Crippen LogP contribution in [0.15, 0.2) is 6.20 Å². The van der Waals surface area contributed by atoms with Crippen molar-refractivity contribution in [1.29, 1.82) is 0 Å². The number of aromatic nitrogens is 5. The van der Waals surface area contributed by atoms with E-state index >= 15 is 0 Å². The van der Waals surface area contributed by atoms with Gasteiger partial charge in [-0.25, -0.2) is 0 Å². The van der Waals surface area contributed by atoms with E-state index in [9.17, 15) is 4.79 Å². The number of nitrogens with one attached hydrogen (secondary N) is 2. The van der Waals surface area contributed by atoms with Crippen molar-refractivity contribution < 1.29 is 4.79 Å². The third-order valence-corrected chi connectivity index (χ3v) is 5.28. The molecule has 0 bridgehead atoms. The SMILES string of the molecule is Cc1nn(C(C)C)c(C)c1CNC(=O)c1cn(CC[C@@H]2CCCCN2)nn1. The van der Waals surface area contributed by atoms with Gasteiger partial charge in [0.25, 0.3) is 5.91 Å². The minimum absolute atomic E-state index is 0.201. The van der Waals surface area contributed by atoms with Crippen molar-refractivity contribution >= 4 is 5.91 Å². The van der Waals surface area contributed by atoms with Crippen molar-refractivity contribution in [2.75, 3.05) is 6.54 Å². The molecule has 8 heteroatoms. The van der Waals surface area contributed by atoms with Gasteiger partial charge in [-0.05, 0) is 53.5 Å². The Kier molecular flexibility index (Phi) is 6.26. The average molecular weight is 374 g/mol. The number of nitrogens with zero attached hydrogens (tertiary/aromatic N) is 5. The Morgan fingerprint density at radius 3 is 2.85 bits per heavy atom. The molecule has 1 aliphatic heterocycles. The molecule has 1 aliphatic rings. The summed E-state index contributed by atoms with van der Waals surface area (Å²) >= 11 is 0. The third-order valence-electron chi connectivity index (χ3n) is 5.28. The molecule has 3 rings (SSSR count). The highest BCUT2D eigenvalue weighted by Gasteiger charge is 2.17. The van der Waals surface area contributed by atoms with E-state index in [0.29, 0.717) is 24.3 Å². The highest BCUT2D eigenvalue weighted by molar-refractivity contribution is 5.91. The highest BCUT2D eigenvalue weighted by atomic mass is 16.2. The predicted octanol–water partition coefficient (Wildman–Crippen LogP) is 2.13. The van der Waals surface area contributed by atoms with Gasteiger partial charge in [-0.2, -0.15) is 5.10 Å². The first kappa shape index (κ1) is 19.5. The Bertz CT molecular complexity index is 771. The maximum Gasteiger partial charge on any atom is 0.273 e. The first-order valence-electron chi connectivity index (χ1n) is 9.92. The molecule has 0 aromatic carbocycles. The Morgan fingerprint density at radius 2 is 2.19 bits per heavy atom. The Morgan fingerprint density at radius 1 is 1.37 bits per heavy atom. The lowest BCUT2D eigenvalue weighted by molar-refractivity contribution is 0.0945. The third kappa shape index (κ3) is 4.74. The van der Waals surface area contributed by atoms with E-state index in [2.05, 4.69) is 39.9 Å². The first-order chi connectivity index (χ1) is 13.0. The molecule has 1 saturated heterocycles. The topological polar surface area (TPSA) is 89.7 Å². The van der Waals surface area contributed by atoms with Gasteiger partial charge < -0.3 is 10.6 Å². The average Bonchev–Trinajstić information content (AvgIpc) is 3.24. The Labute approximate surface area is 160 Å². The normalized spacial score (nSPS) is 17.4. The molecule has 0 spiro atoms. The number of hydrogen-bond donors (Lipinski definition) is 2. The molecule has 0 aliphatic carbocycles. The van der Waals surface area contributed by atoms with Crippen LogP contribution in [0.2, 0.25) is 0 Å². The number of amides is 1. The smallest absolute Gasteiger partial charge is 0.273 e. The lowest BCUT2D eigenvalue weighted by Gasteiger charge is -2.23. The van der Waals surface area contributed by atoms with Gasteiger partial charge in [-0.3, -0.25) is 14.2 Å². The van der Waals surface area contributed by atoms with Crippen molar-refractivity contribution in [3.05, 3.63) is 28.8 Å². The van der Waals surface area contributed by atoms with E-state index in [-0.39, 0.29) is 5.91 Å². The molecule has 2 N–H and O–H groups in total. The fourth-order valence-electron chi connectivity index (χ4n) is 3.69. The fourth-order valence-corrected chi connectivity index (χ4v) is 3.69. The van der Waals surface area contributed by atoms with Crippen LogP contribution < -0.4 is 10.6 Å². The summed E-state index contributed by atoms with van der Waals surface area (Å²) in [6.07, 6.45) is 6.51. The summed E-state index contributed by atoms with van der Waals surface area (Å²) in [7, 11) is 0. The number of hydrogen-bond acceptors (Lipinski definition) is 5. The van der Waals surface area contributed by atoms with Crippen molar-refractivity contribution in [1.82, 2.24) is 35.4 Å². The van der Waals surface area contributed by atoms with E-state index in [1.165, 1.54) is 19.3 Å². The van der Waals surface area contributed by atoms with Gasteiger partial charge in [0.15, 0.2) is 5.69 Å². The number of piperidine rings is 1. The predicted molar refractivity (Wildman–Crippen MR) is 104 cm³/mol. The molecule has 1 amide bonds. The summed E-state index contributed by atoms with van der Waals surface area (Å²) in [4.78, 5) is 12.4. The lowest BCUT2D eigenvalue weighted by atomic mass is 10.0. The molecule has 1 fully saturated rings. The van der Waals surface area contributed by atoms with Crippen LogP contribution in [-0.2, 0) is 13.1 Å². The summed E-state index contributed by atoms with van der Waals surface area (Å²) in [5.74, 6) is -0.201. The fraction of sp³-hybridized carbons (Fsp3) is 0.684. The van der Waals surface area contributed by atoms with Crippen LogP contribution in [-0.4, -0.2) is 43.3 Å². The molecule has 3 heterocycles. The van der Waals surface area contributed by atoms with Crippen LogP contribution in [0.25, 0.3) is 0 Å². The summed E-state index contributed by atoms with van der Waals surface area (Å²) in [5, 5.41) is 19.2. The summed E-state index contributed by atoms with van der Waals surface area (Å²) < 4.78 is 3.75. The number of carbonyl (C=O) groups is 1. The standard InChI is InChI=1S/C19H31N7O/c1-13(2)26-15(4)17(14(3)23-26)11-21-19(27)18-12-25(24-22-18)10-8-16-7-5-6-9-20-16/h12-13,16,20H,5-11H2,1-4H3,(H,21,27)/t16-/m0/s1. The molecule has 2 aromatic rings. The number of aryl methyl sites for hydroxylation is 2. The number of rotatable bonds is 7. The quantitative estimate of drug-likeness (QED) is 0.776. The van der Waals surface area contributed by atoms with Crippen LogP contribution in [0.5, 0.6) is 0 Å². The van der Waals surface area contributed by atoms with Crippen molar-refractivity contribution in [3.8, 4) is 0 Å². The second-order valence-corrected chi connectivity index (χ2v) is 7.67. The van der Waals surface area contributed by atoms with E-state index < -0.39 is 0 Å². The van der Waals surface area contributed by atoms with Crippen LogP contribution in [0, 0.1) is 13.8 Å². The minimum Gasteiger partial charge on any atom is -0.346 e. The number of carbonyl (C=O) groups excluding carboxylic acids is 1. The highest BCUT2D eigenvalue weighted by Crippen LogP contribution is 2.17. The largest absolute Gasteiger partial charge is 0.346 e. The second-order valence-electron chi connectivity index (χ2n) is 7.67. The Hall–Kier alpha value is -2.22. The van der Waals surface area contributed by atoms with Crippen molar-refractivity contribution in [2.24, 2.45) is 0 Å². The van der Waals surface area contributed by atoms with Gasteiger partial charge in [0, 0.05) is 36.4 Å². The summed E-state index contributed by atoms with van der Waals surface area (Å²) in [5.41, 5.74) is 3.46. The zero-order valence-corrected chi connectivity index (χ0v) is 16.8. The van der Waals surface area contributed by atoms with Gasteiger partial charge in [-0.1, -0.05) is 11.6 Å². The van der Waals surface area contributed by atoms with Crippen LogP contribution in [0.3, 0.4) is 0 Å². The van der Waals surface area contributed by atoms with Gasteiger partial charge in [0.1, 0.15) is 0 Å². The summed E-state index contributed by atoms with van der Waals surface area (Å²) in [6.45, 7) is 10.5. The molecule has 2 aromatic heterocycles. The van der Waals surface area contributed by atoms with Crippen molar-refractivity contribution in [3.63, 3.8) is 0 Å². The molecular formula is C19H31N7O. The van der Waals surface area contributed by atoms with Crippen LogP contribution in [0.1, 0.15) is 73.0 Å². The van der Waals surface area contributed by atoms with E-state index in [1.54, 1.807) is 10.9 Å². The van der Waals surface area contributed by atoms with E-state index in [0.717, 1.165) is 36.5 Å². The molecule has 0 unspecified atom stereocenters. The minimum atomic E-state index is -0.201. The van der Waals surface area contributed by atoms with Crippen LogP contribution in [0.4, 0.5) is 0 Å². The second kappa shape index (κ2) is 8.65. The lowest BCUT2D eigenvalue weighted by Crippen LogP contribution is -2.34. The molecule has 8 nitrogen and oxygen atoms in total. The zero-order valence-electron chi connectivity index (χ0n) is 16.8. The molecule has 148 valence electrons. The van der Waals surface area contributed by atoms with Gasteiger partial charge in [0.05, 0.1) is 11.9 Å². The Balaban J connectivity index is 1.54. The first-order valence-corrected chi connectivity index (χ1v) is 9.92.